The standard InChI is InChI=1S/C44H36/c1-5-37(31(4)38(6-2)41-28-33-18-14-13-17-32(33)27-30(41)3)34-25-26-40-39-23-15-16-24-42(39)44(43(40)29-34,35-19-9-7-10-20-35)36-21-11-8-12-22-36/h5-29H,2H2,1,3-4H3/b37-5+,38-31+. The van der Waals surface area contributed by atoms with E-state index in [4.69, 9.17) is 0 Å². The maximum Gasteiger partial charge on any atom is 0.0713 e. The fraction of sp³-hybridized carbons (Fsp3) is 0.0909. The average molecular weight is 565 g/mol. The molecule has 44 heavy (non-hydrogen) atoms. The van der Waals surface area contributed by atoms with E-state index in [9.17, 15) is 0 Å². The van der Waals surface area contributed by atoms with Crippen LogP contribution in [0.2, 0.25) is 0 Å². The zero-order valence-corrected chi connectivity index (χ0v) is 25.6. The number of aryl methyl sites for hydroxylation is 1. The van der Waals surface area contributed by atoms with Crippen molar-refractivity contribution < 1.29 is 0 Å². The highest BCUT2D eigenvalue weighted by atomic mass is 14.5. The molecule has 0 N–H and O–H groups in total. The second-order valence-corrected chi connectivity index (χ2v) is 11.7. The van der Waals surface area contributed by atoms with Crippen LogP contribution in [0.15, 0.2) is 164 Å². The molecule has 0 unspecified atom stereocenters. The molecule has 0 radical (unpaired) electrons. The third-order valence-electron chi connectivity index (χ3n) is 9.45. The van der Waals surface area contributed by atoms with E-state index in [0.717, 1.165) is 0 Å². The van der Waals surface area contributed by atoms with Gasteiger partial charge in [-0.2, -0.15) is 0 Å². The van der Waals surface area contributed by atoms with Crippen LogP contribution in [0.4, 0.5) is 0 Å². The van der Waals surface area contributed by atoms with E-state index in [1.165, 1.54) is 77.6 Å². The summed E-state index contributed by atoms with van der Waals surface area (Å²) in [4.78, 5) is 0. The quantitative estimate of drug-likeness (QED) is 0.176. The van der Waals surface area contributed by atoms with Gasteiger partial charge in [0.1, 0.15) is 0 Å². The lowest BCUT2D eigenvalue weighted by atomic mass is 9.67. The molecule has 212 valence electrons. The minimum Gasteiger partial charge on any atom is -0.0984 e. The Morgan fingerprint density at radius 3 is 1.82 bits per heavy atom. The van der Waals surface area contributed by atoms with Crippen LogP contribution in [0, 0.1) is 6.92 Å². The summed E-state index contributed by atoms with van der Waals surface area (Å²) in [5.74, 6) is 0. The summed E-state index contributed by atoms with van der Waals surface area (Å²) >= 11 is 0. The molecule has 1 aliphatic rings. The van der Waals surface area contributed by atoms with Crippen LogP contribution in [0.3, 0.4) is 0 Å². The van der Waals surface area contributed by atoms with E-state index >= 15 is 0 Å². The minimum atomic E-state index is -0.420. The summed E-state index contributed by atoms with van der Waals surface area (Å²) in [6, 6.07) is 51.2. The van der Waals surface area contributed by atoms with Crippen molar-refractivity contribution in [3.63, 3.8) is 0 Å². The van der Waals surface area contributed by atoms with E-state index in [1.54, 1.807) is 0 Å². The number of rotatable bonds is 6. The lowest BCUT2D eigenvalue weighted by Gasteiger charge is -2.34. The lowest BCUT2D eigenvalue weighted by Crippen LogP contribution is -2.28. The molecule has 6 aromatic rings. The van der Waals surface area contributed by atoms with Gasteiger partial charge in [-0.25, -0.2) is 0 Å². The number of benzene rings is 6. The Kier molecular flexibility index (Phi) is 6.99. The number of hydrogen-bond acceptors (Lipinski definition) is 0. The normalized spacial score (nSPS) is 14.1. The van der Waals surface area contributed by atoms with Crippen molar-refractivity contribution in [2.75, 3.05) is 0 Å². The first-order valence-corrected chi connectivity index (χ1v) is 15.4. The molecule has 0 saturated heterocycles. The molecule has 0 heteroatoms. The Hall–Kier alpha value is -5.20. The van der Waals surface area contributed by atoms with Gasteiger partial charge in [0.15, 0.2) is 0 Å². The molecule has 0 heterocycles. The molecule has 0 aliphatic heterocycles. The summed E-state index contributed by atoms with van der Waals surface area (Å²) in [5.41, 5.74) is 14.7. The molecular weight excluding hydrogens is 528 g/mol. The molecule has 0 bridgehead atoms. The van der Waals surface area contributed by atoms with Crippen LogP contribution >= 0.6 is 0 Å². The molecule has 0 fully saturated rings. The third-order valence-corrected chi connectivity index (χ3v) is 9.45. The van der Waals surface area contributed by atoms with Crippen molar-refractivity contribution in [3.8, 4) is 11.1 Å². The third kappa shape index (κ3) is 4.21. The van der Waals surface area contributed by atoms with Gasteiger partial charge in [-0.15, -0.1) is 0 Å². The maximum absolute atomic E-state index is 4.29. The van der Waals surface area contributed by atoms with E-state index in [1.807, 2.05) is 6.08 Å². The molecule has 0 amide bonds. The van der Waals surface area contributed by atoms with Crippen molar-refractivity contribution in [1.82, 2.24) is 0 Å². The Morgan fingerprint density at radius 1 is 0.614 bits per heavy atom. The minimum absolute atomic E-state index is 0.420. The topological polar surface area (TPSA) is 0 Å². The predicted molar refractivity (Wildman–Crippen MR) is 189 cm³/mol. The summed E-state index contributed by atoms with van der Waals surface area (Å²) in [6.45, 7) is 10.9. The highest BCUT2D eigenvalue weighted by Crippen LogP contribution is 2.56. The van der Waals surface area contributed by atoms with Gasteiger partial charge in [-0.05, 0) is 110 Å². The van der Waals surface area contributed by atoms with Gasteiger partial charge in [0.05, 0.1) is 5.41 Å². The average Bonchev–Trinajstić information content (AvgIpc) is 3.37. The molecule has 0 saturated carbocycles. The van der Waals surface area contributed by atoms with Crippen LogP contribution in [-0.4, -0.2) is 0 Å². The monoisotopic (exact) mass is 564 g/mol. The molecule has 7 rings (SSSR count). The van der Waals surface area contributed by atoms with Gasteiger partial charge in [0, 0.05) is 0 Å². The molecule has 0 aromatic heterocycles. The van der Waals surface area contributed by atoms with E-state index in [-0.39, 0.29) is 0 Å². The molecule has 1 aliphatic carbocycles. The van der Waals surface area contributed by atoms with E-state index in [2.05, 4.69) is 173 Å². The first kappa shape index (κ1) is 27.6. The van der Waals surface area contributed by atoms with Crippen molar-refractivity contribution >= 4 is 21.9 Å². The Bertz CT molecular complexity index is 2050. The lowest BCUT2D eigenvalue weighted by molar-refractivity contribution is 0.768. The number of fused-ring (bicyclic) bond motifs is 4. The van der Waals surface area contributed by atoms with E-state index < -0.39 is 5.41 Å². The fourth-order valence-corrected chi connectivity index (χ4v) is 7.47. The zero-order valence-electron chi connectivity index (χ0n) is 25.6. The summed E-state index contributed by atoms with van der Waals surface area (Å²) in [7, 11) is 0. The number of allylic oxidation sites excluding steroid dienone is 5. The fourth-order valence-electron chi connectivity index (χ4n) is 7.47. The van der Waals surface area contributed by atoms with Crippen LogP contribution in [0.25, 0.3) is 33.0 Å². The summed E-state index contributed by atoms with van der Waals surface area (Å²) < 4.78 is 0. The largest absolute Gasteiger partial charge is 0.0984 e. The second kappa shape index (κ2) is 11.1. The van der Waals surface area contributed by atoms with Crippen molar-refractivity contribution in [2.24, 2.45) is 0 Å². The van der Waals surface area contributed by atoms with Crippen LogP contribution in [0.1, 0.15) is 52.8 Å². The Balaban J connectivity index is 1.47. The molecule has 0 nitrogen and oxygen atoms in total. The number of hydrogen-bond donors (Lipinski definition) is 0. The molecular formula is C44H36. The maximum atomic E-state index is 4.29. The second-order valence-electron chi connectivity index (χ2n) is 11.7. The van der Waals surface area contributed by atoms with Gasteiger partial charge in [-0.1, -0.05) is 146 Å². The van der Waals surface area contributed by atoms with Crippen molar-refractivity contribution in [1.29, 1.82) is 0 Å². The molecule has 0 atom stereocenters. The predicted octanol–water partition coefficient (Wildman–Crippen LogP) is 11.6. The van der Waals surface area contributed by atoms with Crippen LogP contribution in [0.5, 0.6) is 0 Å². The summed E-state index contributed by atoms with van der Waals surface area (Å²) in [6.07, 6.45) is 4.28. The van der Waals surface area contributed by atoms with Crippen LogP contribution in [-0.2, 0) is 5.41 Å². The highest BCUT2D eigenvalue weighted by Gasteiger charge is 2.46. The smallest absolute Gasteiger partial charge is 0.0713 e. The molecule has 0 spiro atoms. The van der Waals surface area contributed by atoms with E-state index in [0.29, 0.717) is 0 Å². The first-order valence-electron chi connectivity index (χ1n) is 15.4. The first-order chi connectivity index (χ1) is 21.6. The van der Waals surface area contributed by atoms with Gasteiger partial charge in [0.25, 0.3) is 0 Å². The van der Waals surface area contributed by atoms with Gasteiger partial charge < -0.3 is 0 Å². The SMILES string of the molecule is C=C/C(=C(C)\C(=C/C)c1ccc2c(c1)C(c1ccccc1)(c1ccccc1)c1ccccc1-2)c1cc2ccccc2cc1C. The molecule has 6 aromatic carbocycles. The zero-order chi connectivity index (χ0) is 30.3. The van der Waals surface area contributed by atoms with Crippen molar-refractivity contribution in [2.45, 2.75) is 26.2 Å². The van der Waals surface area contributed by atoms with Crippen molar-refractivity contribution in [3.05, 3.63) is 203 Å². The van der Waals surface area contributed by atoms with Crippen LogP contribution < -0.4 is 0 Å². The highest BCUT2D eigenvalue weighted by molar-refractivity contribution is 5.97. The van der Waals surface area contributed by atoms with Gasteiger partial charge in [-0.3, -0.25) is 0 Å². The summed E-state index contributed by atoms with van der Waals surface area (Å²) in [5, 5.41) is 2.51. The Morgan fingerprint density at radius 2 is 1.18 bits per heavy atom. The Labute approximate surface area is 261 Å². The van der Waals surface area contributed by atoms with Gasteiger partial charge >= 0.3 is 0 Å². The van der Waals surface area contributed by atoms with Gasteiger partial charge in [0.2, 0.25) is 0 Å².